The van der Waals surface area contributed by atoms with Crippen LogP contribution in [-0.4, -0.2) is 45.3 Å². The monoisotopic (exact) mass is 390 g/mol. The number of hydrogen-bond donors (Lipinski definition) is 2. The van der Waals surface area contributed by atoms with Gasteiger partial charge in [-0.3, -0.25) is 10.1 Å². The number of aliphatic carboxylic acids is 1. The molecular weight excluding hydrogens is 371 g/mol. The van der Waals surface area contributed by atoms with Crippen LogP contribution in [0.15, 0.2) is 24.3 Å². The minimum atomic E-state index is -0.811. The largest absolute Gasteiger partial charge is 0.481 e. The van der Waals surface area contributed by atoms with Gasteiger partial charge in [0.2, 0.25) is 5.13 Å². The van der Waals surface area contributed by atoms with Crippen LogP contribution in [0.4, 0.5) is 14.3 Å². The number of aromatic nitrogens is 2. The quantitative estimate of drug-likeness (QED) is 0.837. The van der Waals surface area contributed by atoms with Gasteiger partial charge in [0.15, 0.2) is 0 Å². The number of halogens is 1. The number of nitrogens with one attached hydrogen (secondary N) is 1. The molecule has 0 unspecified atom stereocenters. The Balaban J connectivity index is 1.39. The lowest BCUT2D eigenvalue weighted by molar-refractivity contribution is -0.149. The first-order valence-corrected chi connectivity index (χ1v) is 9.64. The molecule has 1 saturated heterocycles. The molecular formula is C18H19FN4O3S. The Hall–Kier alpha value is -2.55. The lowest BCUT2D eigenvalue weighted by Gasteiger charge is -2.23. The van der Waals surface area contributed by atoms with E-state index in [1.54, 1.807) is 17.0 Å². The number of benzene rings is 1. The summed E-state index contributed by atoms with van der Waals surface area (Å²) in [6.45, 7) is 0.681. The lowest BCUT2D eigenvalue weighted by Crippen LogP contribution is -2.38. The van der Waals surface area contributed by atoms with Crippen molar-refractivity contribution >= 4 is 28.5 Å². The van der Waals surface area contributed by atoms with Gasteiger partial charge in [-0.2, -0.15) is 0 Å². The third-order valence-electron chi connectivity index (χ3n) is 5.51. The topological polar surface area (TPSA) is 95.4 Å². The second-order valence-electron chi connectivity index (χ2n) is 7.17. The average Bonchev–Trinajstić information content (AvgIpc) is 3.29. The minimum absolute atomic E-state index is 0.0127. The Morgan fingerprint density at radius 3 is 3.00 bits per heavy atom. The molecule has 1 saturated carbocycles. The van der Waals surface area contributed by atoms with E-state index in [1.165, 1.54) is 23.5 Å². The van der Waals surface area contributed by atoms with Gasteiger partial charge in [-0.1, -0.05) is 29.9 Å². The molecule has 4 rings (SSSR count). The number of nitrogens with zero attached hydrogens (tertiary/aromatic N) is 3. The van der Waals surface area contributed by atoms with Gasteiger partial charge in [0.1, 0.15) is 10.8 Å². The van der Waals surface area contributed by atoms with Gasteiger partial charge in [0, 0.05) is 19.5 Å². The molecule has 2 atom stereocenters. The summed E-state index contributed by atoms with van der Waals surface area (Å²) in [5, 5.41) is 21.4. The van der Waals surface area contributed by atoms with E-state index in [0.717, 1.165) is 18.4 Å². The van der Waals surface area contributed by atoms with E-state index in [2.05, 4.69) is 15.5 Å². The number of carboxylic acid groups (broad SMARTS) is 1. The summed E-state index contributed by atoms with van der Waals surface area (Å²) in [5.41, 5.74) is -0.0270. The van der Waals surface area contributed by atoms with Crippen molar-refractivity contribution in [3.05, 3.63) is 40.7 Å². The average molecular weight is 390 g/mol. The van der Waals surface area contributed by atoms with Crippen LogP contribution in [0.1, 0.15) is 29.8 Å². The van der Waals surface area contributed by atoms with Crippen LogP contribution in [0, 0.1) is 17.2 Å². The molecule has 2 amide bonds. The van der Waals surface area contributed by atoms with Crippen molar-refractivity contribution < 1.29 is 19.1 Å². The van der Waals surface area contributed by atoms with Crippen molar-refractivity contribution in [1.29, 1.82) is 0 Å². The summed E-state index contributed by atoms with van der Waals surface area (Å²) >= 11 is 1.23. The molecule has 2 heterocycles. The number of hydrogen-bond acceptors (Lipinski definition) is 5. The van der Waals surface area contributed by atoms with Gasteiger partial charge in [-0.15, -0.1) is 10.2 Å². The summed E-state index contributed by atoms with van der Waals surface area (Å²) in [5.74, 6) is -1.11. The molecule has 2 aromatic rings. The zero-order chi connectivity index (χ0) is 19.0. The molecule has 2 fully saturated rings. The zero-order valence-corrected chi connectivity index (χ0v) is 15.3. The third kappa shape index (κ3) is 3.39. The van der Waals surface area contributed by atoms with Crippen LogP contribution in [-0.2, 0) is 11.2 Å². The van der Waals surface area contributed by atoms with Crippen LogP contribution in [0.3, 0.4) is 0 Å². The van der Waals surface area contributed by atoms with E-state index < -0.39 is 11.4 Å². The van der Waals surface area contributed by atoms with Gasteiger partial charge in [0.25, 0.3) is 0 Å². The van der Waals surface area contributed by atoms with Crippen molar-refractivity contribution in [1.82, 2.24) is 15.1 Å². The number of carboxylic acids is 1. The normalized spacial score (nSPS) is 24.0. The maximum Gasteiger partial charge on any atom is 0.323 e. The van der Waals surface area contributed by atoms with Crippen molar-refractivity contribution in [3.63, 3.8) is 0 Å². The summed E-state index contributed by atoms with van der Waals surface area (Å²) in [4.78, 5) is 25.8. The number of rotatable bonds is 4. The van der Waals surface area contributed by atoms with E-state index in [1.807, 2.05) is 0 Å². The molecule has 1 aromatic heterocycles. The molecule has 0 spiro atoms. The zero-order valence-electron chi connectivity index (χ0n) is 14.5. The first-order chi connectivity index (χ1) is 13.0. The number of likely N-dealkylation sites (tertiary alicyclic amines) is 1. The van der Waals surface area contributed by atoms with Gasteiger partial charge in [-0.25, -0.2) is 9.18 Å². The highest BCUT2D eigenvalue weighted by atomic mass is 32.1. The highest BCUT2D eigenvalue weighted by Gasteiger charge is 2.55. The first-order valence-electron chi connectivity index (χ1n) is 8.82. The number of urea groups is 1. The van der Waals surface area contributed by atoms with E-state index in [9.17, 15) is 19.1 Å². The number of fused-ring (bicyclic) bond motifs is 1. The fourth-order valence-electron chi connectivity index (χ4n) is 4.16. The molecule has 2 aliphatic rings. The number of carbonyl (C=O) groups is 2. The Kier molecular flexibility index (Phi) is 4.55. The van der Waals surface area contributed by atoms with Crippen LogP contribution in [0.2, 0.25) is 0 Å². The molecule has 1 aromatic carbocycles. The molecule has 0 radical (unpaired) electrons. The Morgan fingerprint density at radius 1 is 1.41 bits per heavy atom. The first kappa shape index (κ1) is 17.8. The Morgan fingerprint density at radius 2 is 2.26 bits per heavy atom. The summed E-state index contributed by atoms with van der Waals surface area (Å²) in [6.07, 6.45) is 2.78. The standard InChI is InChI=1S/C18H19FN4O3S/c19-13-5-1-3-11(7-13)8-14-21-22-16(27-14)20-17(26)23-9-12-4-2-6-18(12,10-23)15(24)25/h1,3,5,7,12H,2,4,6,8-10H2,(H,24,25)(H,20,22,26)/t12-,18+/m0/s1. The third-order valence-corrected chi connectivity index (χ3v) is 6.35. The minimum Gasteiger partial charge on any atom is -0.481 e. The van der Waals surface area contributed by atoms with Gasteiger partial charge >= 0.3 is 12.0 Å². The number of carbonyl (C=O) groups excluding carboxylic acids is 1. The maximum atomic E-state index is 13.3. The van der Waals surface area contributed by atoms with Crippen LogP contribution in [0.25, 0.3) is 0 Å². The van der Waals surface area contributed by atoms with Gasteiger partial charge in [-0.05, 0) is 36.5 Å². The maximum absolute atomic E-state index is 13.3. The van der Waals surface area contributed by atoms with Gasteiger partial charge in [0.05, 0.1) is 5.41 Å². The van der Waals surface area contributed by atoms with Crippen molar-refractivity contribution in [3.8, 4) is 0 Å². The second-order valence-corrected chi connectivity index (χ2v) is 8.23. The summed E-state index contributed by atoms with van der Waals surface area (Å²) in [7, 11) is 0. The number of anilines is 1. The SMILES string of the molecule is O=C(Nc1nnc(Cc2cccc(F)c2)s1)N1C[C@@H]2CCC[C@@]2(C(=O)O)C1. The predicted molar refractivity (Wildman–Crippen MR) is 97.1 cm³/mol. The number of amides is 2. The van der Waals surface area contributed by atoms with Crippen molar-refractivity contribution in [2.24, 2.45) is 11.3 Å². The molecule has 1 aliphatic heterocycles. The predicted octanol–water partition coefficient (Wildman–Crippen LogP) is 2.99. The second kappa shape index (κ2) is 6.88. The molecule has 7 nitrogen and oxygen atoms in total. The lowest BCUT2D eigenvalue weighted by atomic mass is 9.81. The highest BCUT2D eigenvalue weighted by molar-refractivity contribution is 7.15. The molecule has 2 N–H and O–H groups in total. The molecule has 27 heavy (non-hydrogen) atoms. The van der Waals surface area contributed by atoms with E-state index in [4.69, 9.17) is 0 Å². The molecule has 0 bridgehead atoms. The van der Waals surface area contributed by atoms with E-state index in [0.29, 0.717) is 29.5 Å². The molecule has 142 valence electrons. The fourth-order valence-corrected chi connectivity index (χ4v) is 4.92. The van der Waals surface area contributed by atoms with E-state index >= 15 is 0 Å². The van der Waals surface area contributed by atoms with Crippen LogP contribution < -0.4 is 5.32 Å². The van der Waals surface area contributed by atoms with Crippen molar-refractivity contribution in [2.45, 2.75) is 25.7 Å². The fraction of sp³-hybridized carbons (Fsp3) is 0.444. The smallest absolute Gasteiger partial charge is 0.323 e. The summed E-state index contributed by atoms with van der Waals surface area (Å²) in [6, 6.07) is 5.91. The van der Waals surface area contributed by atoms with E-state index in [-0.39, 0.29) is 24.3 Å². The van der Waals surface area contributed by atoms with Crippen LogP contribution >= 0.6 is 11.3 Å². The van der Waals surface area contributed by atoms with Crippen LogP contribution in [0.5, 0.6) is 0 Å². The molecule has 9 heteroatoms. The Labute approximate surface area is 159 Å². The molecule has 1 aliphatic carbocycles. The van der Waals surface area contributed by atoms with Crippen molar-refractivity contribution in [2.75, 3.05) is 18.4 Å². The summed E-state index contributed by atoms with van der Waals surface area (Å²) < 4.78 is 13.3. The highest BCUT2D eigenvalue weighted by Crippen LogP contribution is 2.48. The van der Waals surface area contributed by atoms with Gasteiger partial charge < -0.3 is 10.0 Å². The Bertz CT molecular complexity index is 889.